The minimum atomic E-state index is -0.962. The largest absolute Gasteiger partial charge is 0.494 e. The molecule has 1 heterocycles. The van der Waals surface area contributed by atoms with E-state index in [0.29, 0.717) is 29.2 Å². The third-order valence-corrected chi connectivity index (χ3v) is 4.12. The van der Waals surface area contributed by atoms with Gasteiger partial charge in [-0.1, -0.05) is 25.5 Å². The van der Waals surface area contributed by atoms with Gasteiger partial charge in [-0.2, -0.15) is 0 Å². The number of hydrogen-bond donors (Lipinski definition) is 2. The van der Waals surface area contributed by atoms with Gasteiger partial charge in [0.2, 0.25) is 0 Å². The average molecular weight is 341 g/mol. The van der Waals surface area contributed by atoms with Crippen LogP contribution in [-0.4, -0.2) is 22.7 Å². The van der Waals surface area contributed by atoms with Crippen molar-refractivity contribution in [2.24, 2.45) is 0 Å². The molecular weight excluding hydrogens is 321 g/mol. The molecular formula is C20H20FNO3. The van der Waals surface area contributed by atoms with E-state index >= 15 is 0 Å². The van der Waals surface area contributed by atoms with E-state index in [-0.39, 0.29) is 12.2 Å². The molecule has 0 aliphatic carbocycles. The normalized spacial score (nSPS) is 11.0. The highest BCUT2D eigenvalue weighted by atomic mass is 19.1. The van der Waals surface area contributed by atoms with Gasteiger partial charge >= 0.3 is 5.97 Å². The van der Waals surface area contributed by atoms with Gasteiger partial charge in [0.05, 0.1) is 18.7 Å². The number of carboxylic acid groups (broad SMARTS) is 1. The molecule has 0 fully saturated rings. The zero-order valence-electron chi connectivity index (χ0n) is 14.0. The topological polar surface area (TPSA) is 62.3 Å². The number of unbranched alkanes of at least 4 members (excludes halogenated alkanes) is 1. The van der Waals surface area contributed by atoms with Crippen molar-refractivity contribution >= 4 is 16.9 Å². The third kappa shape index (κ3) is 3.65. The third-order valence-electron chi connectivity index (χ3n) is 4.12. The molecule has 2 N–H and O–H groups in total. The summed E-state index contributed by atoms with van der Waals surface area (Å²) in [5.41, 5.74) is 2.19. The first-order chi connectivity index (χ1) is 12.1. The van der Waals surface area contributed by atoms with Gasteiger partial charge in [0, 0.05) is 16.5 Å². The lowest BCUT2D eigenvalue weighted by Gasteiger charge is -2.06. The van der Waals surface area contributed by atoms with Crippen LogP contribution in [0.4, 0.5) is 4.39 Å². The number of fused-ring (bicyclic) bond motifs is 1. The summed E-state index contributed by atoms with van der Waals surface area (Å²) in [6, 6.07) is 11.8. The summed E-state index contributed by atoms with van der Waals surface area (Å²) in [5, 5.41) is 10.0. The molecule has 0 saturated heterocycles. The van der Waals surface area contributed by atoms with Crippen LogP contribution in [0.2, 0.25) is 0 Å². The fourth-order valence-corrected chi connectivity index (χ4v) is 2.88. The zero-order chi connectivity index (χ0) is 17.8. The second-order valence-corrected chi connectivity index (χ2v) is 5.94. The van der Waals surface area contributed by atoms with Crippen LogP contribution in [0.25, 0.3) is 22.2 Å². The Bertz CT molecular complexity index is 901. The maximum Gasteiger partial charge on any atom is 0.307 e. The number of benzene rings is 2. The average Bonchev–Trinajstić information content (AvgIpc) is 2.93. The number of H-pyrrole nitrogens is 1. The molecule has 0 aliphatic heterocycles. The highest BCUT2D eigenvalue weighted by Crippen LogP contribution is 2.34. The van der Waals surface area contributed by atoms with Gasteiger partial charge in [-0.3, -0.25) is 4.79 Å². The molecule has 3 aromatic rings. The van der Waals surface area contributed by atoms with Crippen LogP contribution in [0.3, 0.4) is 0 Å². The summed E-state index contributed by atoms with van der Waals surface area (Å²) in [4.78, 5) is 14.5. The number of rotatable bonds is 7. The van der Waals surface area contributed by atoms with Gasteiger partial charge < -0.3 is 14.8 Å². The number of hydrogen-bond acceptors (Lipinski definition) is 2. The number of aliphatic carboxylic acids is 1. The van der Waals surface area contributed by atoms with Gasteiger partial charge in [0.15, 0.2) is 0 Å². The molecule has 4 nitrogen and oxygen atoms in total. The van der Waals surface area contributed by atoms with Crippen LogP contribution in [0.5, 0.6) is 5.75 Å². The molecule has 0 atom stereocenters. The lowest BCUT2D eigenvalue weighted by molar-refractivity contribution is -0.136. The Balaban J connectivity index is 2.10. The summed E-state index contributed by atoms with van der Waals surface area (Å²) in [5.74, 6) is -0.664. The first-order valence-electron chi connectivity index (χ1n) is 8.34. The summed E-state index contributed by atoms with van der Waals surface area (Å²) in [7, 11) is 0. The van der Waals surface area contributed by atoms with E-state index in [9.17, 15) is 14.3 Å². The molecule has 0 aliphatic rings. The van der Waals surface area contributed by atoms with Crippen LogP contribution in [-0.2, 0) is 11.2 Å². The molecule has 0 unspecified atom stereocenters. The van der Waals surface area contributed by atoms with Crippen molar-refractivity contribution in [3.05, 3.63) is 53.8 Å². The number of nitrogens with one attached hydrogen (secondary N) is 1. The van der Waals surface area contributed by atoms with Crippen LogP contribution in [0.15, 0.2) is 42.5 Å². The fourth-order valence-electron chi connectivity index (χ4n) is 2.88. The van der Waals surface area contributed by atoms with E-state index < -0.39 is 5.97 Å². The second-order valence-electron chi connectivity index (χ2n) is 5.94. The zero-order valence-corrected chi connectivity index (χ0v) is 14.0. The van der Waals surface area contributed by atoms with Crippen LogP contribution in [0.1, 0.15) is 25.3 Å². The first-order valence-corrected chi connectivity index (χ1v) is 8.34. The van der Waals surface area contributed by atoms with Crippen LogP contribution in [0, 0.1) is 5.82 Å². The molecule has 1 aromatic heterocycles. The van der Waals surface area contributed by atoms with Crippen molar-refractivity contribution in [3.8, 4) is 17.0 Å². The first kappa shape index (κ1) is 17.0. The molecule has 25 heavy (non-hydrogen) atoms. The Morgan fingerprint density at radius 1 is 1.24 bits per heavy atom. The van der Waals surface area contributed by atoms with E-state index in [2.05, 4.69) is 11.9 Å². The minimum Gasteiger partial charge on any atom is -0.494 e. The van der Waals surface area contributed by atoms with Gasteiger partial charge in [-0.25, -0.2) is 4.39 Å². The molecule has 130 valence electrons. The maximum absolute atomic E-state index is 14.2. The molecule has 3 rings (SSSR count). The Morgan fingerprint density at radius 2 is 2.04 bits per heavy atom. The number of aromatic nitrogens is 1. The summed E-state index contributed by atoms with van der Waals surface area (Å²) in [6.45, 7) is 2.70. The molecule has 0 radical (unpaired) electrons. The van der Waals surface area contributed by atoms with E-state index in [1.54, 1.807) is 18.2 Å². The SMILES string of the molecule is CCCCOc1ccc2[nH]c(-c3ccccc3F)c(CC(=O)O)c2c1. The van der Waals surface area contributed by atoms with Crippen molar-refractivity contribution in [2.75, 3.05) is 6.61 Å². The Hall–Kier alpha value is -2.82. The standard InChI is InChI=1S/C20H20FNO3/c1-2-3-10-25-13-8-9-18-15(11-13)16(12-19(23)24)20(22-18)14-6-4-5-7-17(14)21/h4-9,11,22H,2-3,10,12H2,1H3,(H,23,24). The monoisotopic (exact) mass is 341 g/mol. The second kappa shape index (κ2) is 7.38. The van der Waals surface area contributed by atoms with Crippen molar-refractivity contribution in [2.45, 2.75) is 26.2 Å². The smallest absolute Gasteiger partial charge is 0.307 e. The lowest BCUT2D eigenvalue weighted by Crippen LogP contribution is -2.01. The number of ether oxygens (including phenoxy) is 1. The van der Waals surface area contributed by atoms with Crippen LogP contribution >= 0.6 is 0 Å². The predicted molar refractivity (Wildman–Crippen MR) is 95.4 cm³/mol. The Morgan fingerprint density at radius 3 is 2.76 bits per heavy atom. The quantitative estimate of drug-likeness (QED) is 0.608. The van der Waals surface area contributed by atoms with Gasteiger partial charge in [-0.15, -0.1) is 0 Å². The van der Waals surface area contributed by atoms with Gasteiger partial charge in [0.25, 0.3) is 0 Å². The number of carbonyl (C=O) groups is 1. The van der Waals surface area contributed by atoms with Gasteiger partial charge in [-0.05, 0) is 42.3 Å². The molecule has 0 bridgehead atoms. The maximum atomic E-state index is 14.2. The van der Waals surface area contributed by atoms with E-state index in [1.165, 1.54) is 6.07 Å². The summed E-state index contributed by atoms with van der Waals surface area (Å²) >= 11 is 0. The number of aromatic amines is 1. The van der Waals surface area contributed by atoms with E-state index in [4.69, 9.17) is 4.74 Å². The molecule has 0 saturated carbocycles. The summed E-state index contributed by atoms with van der Waals surface area (Å²) < 4.78 is 19.9. The molecule has 0 spiro atoms. The lowest BCUT2D eigenvalue weighted by atomic mass is 10.0. The molecule has 2 aromatic carbocycles. The van der Waals surface area contributed by atoms with Crippen molar-refractivity contribution in [3.63, 3.8) is 0 Å². The highest BCUT2D eigenvalue weighted by molar-refractivity contribution is 5.94. The van der Waals surface area contributed by atoms with Crippen molar-refractivity contribution in [1.29, 1.82) is 0 Å². The number of halogens is 1. The summed E-state index contributed by atoms with van der Waals surface area (Å²) in [6.07, 6.45) is 1.80. The van der Waals surface area contributed by atoms with E-state index in [1.807, 2.05) is 18.2 Å². The highest BCUT2D eigenvalue weighted by Gasteiger charge is 2.18. The molecule has 0 amide bonds. The van der Waals surface area contributed by atoms with Crippen LogP contribution < -0.4 is 4.74 Å². The van der Waals surface area contributed by atoms with Crippen molar-refractivity contribution in [1.82, 2.24) is 4.98 Å². The Labute approximate surface area is 145 Å². The van der Waals surface area contributed by atoms with E-state index in [0.717, 1.165) is 23.7 Å². The fraction of sp³-hybridized carbons (Fsp3) is 0.250. The Kier molecular flexibility index (Phi) is 5.03. The van der Waals surface area contributed by atoms with Crippen molar-refractivity contribution < 1.29 is 19.0 Å². The molecule has 5 heteroatoms. The minimum absolute atomic E-state index is 0.192. The number of carboxylic acids is 1. The van der Waals surface area contributed by atoms with Gasteiger partial charge in [0.1, 0.15) is 11.6 Å². The predicted octanol–water partition coefficient (Wildman–Crippen LogP) is 4.78.